The number of primary amides is 1. The molecule has 0 aliphatic heterocycles. The lowest BCUT2D eigenvalue weighted by Gasteiger charge is -2.06. The van der Waals surface area contributed by atoms with Crippen LogP contribution in [0.2, 0.25) is 0 Å². The van der Waals surface area contributed by atoms with E-state index in [1.54, 1.807) is 16.8 Å². The number of carbonyl (C=O) groups is 1. The van der Waals surface area contributed by atoms with E-state index in [1.807, 2.05) is 36.6 Å². The number of hydrogen-bond acceptors (Lipinski definition) is 6. The van der Waals surface area contributed by atoms with Gasteiger partial charge in [-0.05, 0) is 42.3 Å². The van der Waals surface area contributed by atoms with Gasteiger partial charge in [-0.3, -0.25) is 4.79 Å². The van der Waals surface area contributed by atoms with Crippen molar-refractivity contribution in [3.8, 4) is 16.2 Å². The Morgan fingerprint density at radius 3 is 2.61 bits per heavy atom. The van der Waals surface area contributed by atoms with Crippen LogP contribution in [0.1, 0.15) is 21.6 Å². The van der Waals surface area contributed by atoms with E-state index >= 15 is 0 Å². The molecule has 0 bridgehead atoms. The summed E-state index contributed by atoms with van der Waals surface area (Å²) >= 11 is 2.91. The van der Waals surface area contributed by atoms with Gasteiger partial charge in [0.15, 0.2) is 0 Å². The van der Waals surface area contributed by atoms with Gasteiger partial charge in [0.05, 0.1) is 21.8 Å². The largest absolute Gasteiger partial charge is 0.487 e. The summed E-state index contributed by atoms with van der Waals surface area (Å²) in [5, 5.41) is 2.41. The van der Waals surface area contributed by atoms with Gasteiger partial charge in [-0.15, -0.1) is 22.7 Å². The number of amides is 1. The van der Waals surface area contributed by atoms with E-state index in [4.69, 9.17) is 16.2 Å². The molecule has 0 saturated heterocycles. The van der Waals surface area contributed by atoms with Crippen LogP contribution in [0.25, 0.3) is 10.4 Å². The fraction of sp³-hybridized carbons (Fsp3) is 0.125. The zero-order valence-corrected chi connectivity index (χ0v) is 14.0. The molecule has 2 heterocycles. The Kier molecular flexibility index (Phi) is 4.31. The summed E-state index contributed by atoms with van der Waals surface area (Å²) in [4.78, 5) is 16.6. The molecule has 0 unspecified atom stereocenters. The first kappa shape index (κ1) is 15.5. The second-order valence-electron chi connectivity index (χ2n) is 4.95. The summed E-state index contributed by atoms with van der Waals surface area (Å²) in [5.74, 6) is 0.268. The minimum Gasteiger partial charge on any atom is -0.487 e. The van der Waals surface area contributed by atoms with Crippen molar-refractivity contribution in [3.05, 3.63) is 52.0 Å². The van der Waals surface area contributed by atoms with Gasteiger partial charge in [-0.1, -0.05) is 0 Å². The fourth-order valence-electron chi connectivity index (χ4n) is 2.29. The van der Waals surface area contributed by atoms with Crippen LogP contribution < -0.4 is 16.2 Å². The van der Waals surface area contributed by atoms with E-state index in [0.717, 1.165) is 27.4 Å². The molecule has 4 N–H and O–H groups in total. The number of thiazole rings is 1. The second-order valence-corrected chi connectivity index (χ2v) is 6.72. The summed E-state index contributed by atoms with van der Waals surface area (Å²) in [7, 11) is 0. The zero-order valence-electron chi connectivity index (χ0n) is 12.4. The number of nitrogens with two attached hydrogens (primary N) is 2. The van der Waals surface area contributed by atoms with Gasteiger partial charge in [0.1, 0.15) is 12.4 Å². The Morgan fingerprint density at radius 2 is 2.04 bits per heavy atom. The van der Waals surface area contributed by atoms with E-state index in [2.05, 4.69) is 4.98 Å². The SMILES string of the molecule is Cc1c(-c2ccc(OCc3cscn3)cc2)sc(N)c1C(N)=O. The van der Waals surface area contributed by atoms with Gasteiger partial charge < -0.3 is 16.2 Å². The number of anilines is 1. The number of benzene rings is 1. The number of rotatable bonds is 5. The highest BCUT2D eigenvalue weighted by Crippen LogP contribution is 2.38. The van der Waals surface area contributed by atoms with Crippen LogP contribution >= 0.6 is 22.7 Å². The lowest BCUT2D eigenvalue weighted by Crippen LogP contribution is -2.13. The summed E-state index contributed by atoms with van der Waals surface area (Å²) in [6, 6.07) is 7.67. The van der Waals surface area contributed by atoms with Crippen LogP contribution in [0.15, 0.2) is 35.2 Å². The smallest absolute Gasteiger partial charge is 0.251 e. The monoisotopic (exact) mass is 345 g/mol. The third-order valence-corrected chi connectivity index (χ3v) is 5.21. The Labute approximate surface area is 141 Å². The highest BCUT2D eigenvalue weighted by atomic mass is 32.1. The summed E-state index contributed by atoms with van der Waals surface area (Å²) in [6.07, 6.45) is 0. The van der Waals surface area contributed by atoms with E-state index in [0.29, 0.717) is 17.2 Å². The number of ether oxygens (including phenoxy) is 1. The third kappa shape index (κ3) is 3.20. The van der Waals surface area contributed by atoms with E-state index in [9.17, 15) is 4.79 Å². The summed E-state index contributed by atoms with van der Waals surface area (Å²) in [5.41, 5.74) is 16.2. The normalized spacial score (nSPS) is 10.7. The Morgan fingerprint density at radius 1 is 1.30 bits per heavy atom. The van der Waals surface area contributed by atoms with E-state index < -0.39 is 5.91 Å². The molecular weight excluding hydrogens is 330 g/mol. The fourth-order valence-corrected chi connectivity index (χ4v) is 3.91. The molecule has 0 fully saturated rings. The van der Waals surface area contributed by atoms with Crippen molar-refractivity contribution in [2.75, 3.05) is 5.73 Å². The maximum atomic E-state index is 11.5. The molecule has 1 aromatic carbocycles. The van der Waals surface area contributed by atoms with Crippen molar-refractivity contribution in [3.63, 3.8) is 0 Å². The molecule has 0 atom stereocenters. The van der Waals surface area contributed by atoms with Crippen molar-refractivity contribution in [2.45, 2.75) is 13.5 Å². The Balaban J connectivity index is 1.80. The number of nitrogens with zero attached hydrogens (tertiary/aromatic N) is 1. The summed E-state index contributed by atoms with van der Waals surface area (Å²) in [6.45, 7) is 2.30. The molecule has 23 heavy (non-hydrogen) atoms. The first-order valence-electron chi connectivity index (χ1n) is 6.85. The zero-order chi connectivity index (χ0) is 16.4. The molecule has 0 aliphatic rings. The second kappa shape index (κ2) is 6.39. The maximum absolute atomic E-state index is 11.5. The van der Waals surface area contributed by atoms with Gasteiger partial charge in [-0.25, -0.2) is 4.98 Å². The Hall–Kier alpha value is -2.38. The van der Waals surface area contributed by atoms with E-state index in [1.165, 1.54) is 11.3 Å². The van der Waals surface area contributed by atoms with Crippen molar-refractivity contribution >= 4 is 33.6 Å². The van der Waals surface area contributed by atoms with Gasteiger partial charge in [0.2, 0.25) is 0 Å². The van der Waals surface area contributed by atoms with Crippen LogP contribution in [0.3, 0.4) is 0 Å². The lowest BCUT2D eigenvalue weighted by atomic mass is 10.1. The molecule has 0 aliphatic carbocycles. The number of aromatic nitrogens is 1. The average Bonchev–Trinajstić information content (AvgIpc) is 3.13. The topological polar surface area (TPSA) is 91.2 Å². The predicted octanol–water partition coefficient (Wildman–Crippen LogP) is 3.44. The number of nitrogen functional groups attached to an aromatic ring is 1. The number of hydrogen-bond donors (Lipinski definition) is 2. The predicted molar refractivity (Wildman–Crippen MR) is 93.9 cm³/mol. The Bertz CT molecular complexity index is 824. The molecule has 0 spiro atoms. The minimum atomic E-state index is -0.495. The molecule has 7 heteroatoms. The molecular formula is C16H15N3O2S2. The quantitative estimate of drug-likeness (QED) is 0.741. The molecule has 3 aromatic rings. The summed E-state index contributed by atoms with van der Waals surface area (Å²) < 4.78 is 5.69. The van der Waals surface area contributed by atoms with Crippen LogP contribution in [-0.2, 0) is 6.61 Å². The van der Waals surface area contributed by atoms with Gasteiger partial charge in [0.25, 0.3) is 5.91 Å². The standard InChI is InChI=1S/C16H15N3O2S2/c1-9-13(15(17)20)16(18)23-14(9)10-2-4-12(5-3-10)21-6-11-7-22-8-19-11/h2-5,7-8H,6,18H2,1H3,(H2,17,20). The molecule has 118 valence electrons. The third-order valence-electron chi connectivity index (χ3n) is 3.41. The van der Waals surface area contributed by atoms with Gasteiger partial charge in [-0.2, -0.15) is 0 Å². The van der Waals surface area contributed by atoms with Crippen LogP contribution in [-0.4, -0.2) is 10.9 Å². The molecule has 5 nitrogen and oxygen atoms in total. The molecule has 1 amide bonds. The van der Waals surface area contributed by atoms with Crippen molar-refractivity contribution in [2.24, 2.45) is 5.73 Å². The van der Waals surface area contributed by atoms with Crippen LogP contribution in [0, 0.1) is 6.92 Å². The molecule has 0 saturated carbocycles. The minimum absolute atomic E-state index is 0.411. The molecule has 0 radical (unpaired) electrons. The first-order chi connectivity index (χ1) is 11.1. The first-order valence-corrected chi connectivity index (χ1v) is 8.61. The van der Waals surface area contributed by atoms with Crippen LogP contribution in [0.5, 0.6) is 5.75 Å². The highest BCUT2D eigenvalue weighted by Gasteiger charge is 2.18. The van der Waals surface area contributed by atoms with Crippen molar-refractivity contribution in [1.29, 1.82) is 0 Å². The highest BCUT2D eigenvalue weighted by molar-refractivity contribution is 7.19. The van der Waals surface area contributed by atoms with Gasteiger partial charge in [0, 0.05) is 10.3 Å². The van der Waals surface area contributed by atoms with Crippen molar-refractivity contribution in [1.82, 2.24) is 4.98 Å². The lowest BCUT2D eigenvalue weighted by molar-refractivity contribution is 0.100. The number of thiophene rings is 1. The van der Waals surface area contributed by atoms with E-state index in [-0.39, 0.29) is 0 Å². The average molecular weight is 345 g/mol. The van der Waals surface area contributed by atoms with Crippen LogP contribution in [0.4, 0.5) is 5.00 Å². The maximum Gasteiger partial charge on any atom is 0.251 e. The molecule has 2 aromatic heterocycles. The van der Waals surface area contributed by atoms with Crippen molar-refractivity contribution < 1.29 is 9.53 Å². The van der Waals surface area contributed by atoms with Gasteiger partial charge >= 0.3 is 0 Å². The molecule has 3 rings (SSSR count). The number of carbonyl (C=O) groups excluding carboxylic acids is 1.